The zero-order valence-electron chi connectivity index (χ0n) is 15.1. The molecule has 9 heteroatoms. The molecule has 0 aliphatic heterocycles. The van der Waals surface area contributed by atoms with Gasteiger partial charge < -0.3 is 20.3 Å². The number of hydrogen-bond acceptors (Lipinski definition) is 6. The Bertz CT molecular complexity index is 1200. The summed E-state index contributed by atoms with van der Waals surface area (Å²) in [7, 11) is 1.68. The molecule has 142 valence electrons. The molecule has 28 heavy (non-hydrogen) atoms. The lowest BCUT2D eigenvalue weighted by Gasteiger charge is -2.14. The van der Waals surface area contributed by atoms with Gasteiger partial charge >= 0.3 is 5.97 Å². The van der Waals surface area contributed by atoms with Crippen molar-refractivity contribution in [2.24, 2.45) is 7.05 Å². The van der Waals surface area contributed by atoms with Crippen LogP contribution in [-0.4, -0.2) is 27.2 Å². The van der Waals surface area contributed by atoms with Crippen molar-refractivity contribution in [1.82, 2.24) is 9.55 Å². The Morgan fingerprint density at radius 1 is 1.32 bits per heavy atom. The van der Waals surface area contributed by atoms with Crippen LogP contribution in [0.15, 0.2) is 35.1 Å². The lowest BCUT2D eigenvalue weighted by atomic mass is 10.1. The first-order valence-electron chi connectivity index (χ1n) is 8.34. The van der Waals surface area contributed by atoms with Crippen LogP contribution < -0.4 is 16.2 Å². The van der Waals surface area contributed by atoms with Crippen molar-refractivity contribution in [3.63, 3.8) is 0 Å². The van der Waals surface area contributed by atoms with Gasteiger partial charge in [0.1, 0.15) is 16.8 Å². The first-order valence-corrected chi connectivity index (χ1v) is 8.72. The van der Waals surface area contributed by atoms with Crippen LogP contribution in [-0.2, 0) is 7.05 Å². The van der Waals surface area contributed by atoms with Crippen LogP contribution in [0.1, 0.15) is 23.0 Å². The highest BCUT2D eigenvalue weighted by atomic mass is 35.5. The Morgan fingerprint density at radius 3 is 2.71 bits per heavy atom. The smallest absolute Gasteiger partial charge is 0.354 e. The Hall–Kier alpha value is -3.57. The van der Waals surface area contributed by atoms with Gasteiger partial charge in [-0.25, -0.2) is 9.78 Å². The summed E-state index contributed by atoms with van der Waals surface area (Å²) in [5.41, 5.74) is 1.87. The summed E-state index contributed by atoms with van der Waals surface area (Å²) >= 11 is 5.96. The Balaban J connectivity index is 2.15. The van der Waals surface area contributed by atoms with Crippen molar-refractivity contribution in [2.75, 3.05) is 17.2 Å². The monoisotopic (exact) mass is 397 g/mol. The highest BCUT2D eigenvalue weighted by Crippen LogP contribution is 2.30. The standard InChI is InChI=1S/C19H16ClN5O3/c1-3-22-13-8-17(26)25(2)16-5-4-10(6-11(13)16)23-14-7-15(19(27)28)24-18(20)12(14)9-21/h4-8,22H,3H2,1-2H3,(H,23,24)(H,27,28). The van der Waals surface area contributed by atoms with E-state index in [0.717, 1.165) is 10.9 Å². The number of halogens is 1. The molecule has 0 radical (unpaired) electrons. The molecule has 2 aromatic heterocycles. The molecule has 3 aromatic rings. The van der Waals surface area contributed by atoms with Crippen LogP contribution in [0.2, 0.25) is 5.15 Å². The molecule has 0 amide bonds. The molecule has 0 fully saturated rings. The second kappa shape index (κ2) is 7.58. The van der Waals surface area contributed by atoms with E-state index in [0.29, 0.717) is 17.9 Å². The Morgan fingerprint density at radius 2 is 2.07 bits per heavy atom. The molecule has 3 rings (SSSR count). The van der Waals surface area contributed by atoms with E-state index >= 15 is 0 Å². The number of aromatic carboxylic acids is 1. The zero-order chi connectivity index (χ0) is 20.4. The molecular weight excluding hydrogens is 382 g/mol. The molecule has 0 unspecified atom stereocenters. The molecular formula is C19H16ClN5O3. The van der Waals surface area contributed by atoms with Gasteiger partial charge in [0.15, 0.2) is 5.69 Å². The van der Waals surface area contributed by atoms with Crippen molar-refractivity contribution >= 4 is 45.5 Å². The minimum absolute atomic E-state index is 0.0409. The topological polar surface area (TPSA) is 120 Å². The molecule has 0 bridgehead atoms. The quantitative estimate of drug-likeness (QED) is 0.564. The number of carboxylic acids is 1. The van der Waals surface area contributed by atoms with Gasteiger partial charge in [-0.15, -0.1) is 0 Å². The number of rotatable bonds is 5. The number of aryl methyl sites for hydroxylation is 1. The van der Waals surface area contributed by atoms with E-state index in [9.17, 15) is 20.0 Å². The van der Waals surface area contributed by atoms with Gasteiger partial charge in [-0.2, -0.15) is 5.26 Å². The van der Waals surface area contributed by atoms with Crippen molar-refractivity contribution in [3.05, 3.63) is 57.1 Å². The summed E-state index contributed by atoms with van der Waals surface area (Å²) in [6.45, 7) is 2.57. The van der Waals surface area contributed by atoms with Crippen LogP contribution in [0, 0.1) is 11.3 Å². The highest BCUT2D eigenvalue weighted by Gasteiger charge is 2.16. The largest absolute Gasteiger partial charge is 0.477 e. The number of carboxylic acid groups (broad SMARTS) is 1. The molecule has 0 saturated heterocycles. The maximum Gasteiger partial charge on any atom is 0.354 e. The number of anilines is 3. The lowest BCUT2D eigenvalue weighted by molar-refractivity contribution is 0.0690. The third kappa shape index (κ3) is 3.48. The summed E-state index contributed by atoms with van der Waals surface area (Å²) in [5.74, 6) is -1.25. The maximum absolute atomic E-state index is 12.1. The summed E-state index contributed by atoms with van der Waals surface area (Å²) in [4.78, 5) is 27.1. The van der Waals surface area contributed by atoms with E-state index in [1.807, 2.05) is 19.1 Å². The average Bonchev–Trinajstić information content (AvgIpc) is 2.65. The number of nitrogens with zero attached hydrogens (tertiary/aromatic N) is 3. The fraction of sp³-hybridized carbons (Fsp3) is 0.158. The number of pyridine rings is 2. The van der Waals surface area contributed by atoms with Crippen LogP contribution in [0.3, 0.4) is 0 Å². The molecule has 0 atom stereocenters. The van der Waals surface area contributed by atoms with Gasteiger partial charge in [0, 0.05) is 36.4 Å². The molecule has 2 heterocycles. The van der Waals surface area contributed by atoms with E-state index in [4.69, 9.17) is 11.6 Å². The fourth-order valence-corrected chi connectivity index (χ4v) is 3.09. The van der Waals surface area contributed by atoms with Crippen molar-refractivity contribution in [3.8, 4) is 6.07 Å². The van der Waals surface area contributed by atoms with Crippen molar-refractivity contribution in [2.45, 2.75) is 6.92 Å². The van der Waals surface area contributed by atoms with Gasteiger partial charge in [0.05, 0.1) is 11.2 Å². The summed E-state index contributed by atoms with van der Waals surface area (Å²) in [6, 6.07) is 10.0. The summed E-state index contributed by atoms with van der Waals surface area (Å²) in [5, 5.41) is 25.3. The predicted molar refractivity (Wildman–Crippen MR) is 108 cm³/mol. The van der Waals surface area contributed by atoms with Crippen LogP contribution in [0.5, 0.6) is 0 Å². The van der Waals surface area contributed by atoms with Gasteiger partial charge in [-0.05, 0) is 31.2 Å². The Labute approximate surface area is 165 Å². The number of aromatic nitrogens is 2. The number of benzene rings is 1. The number of hydrogen-bond donors (Lipinski definition) is 3. The SMILES string of the molecule is CCNc1cc(=O)n(C)c2ccc(Nc3cc(C(=O)O)nc(Cl)c3C#N)cc12. The predicted octanol–water partition coefficient (Wildman–Crippen LogP) is 3.33. The third-order valence-corrected chi connectivity index (χ3v) is 4.47. The second-order valence-electron chi connectivity index (χ2n) is 5.98. The molecule has 0 aliphatic rings. The third-order valence-electron chi connectivity index (χ3n) is 4.20. The summed E-state index contributed by atoms with van der Waals surface area (Å²) in [6.07, 6.45) is 0. The highest BCUT2D eigenvalue weighted by molar-refractivity contribution is 6.31. The molecule has 0 spiro atoms. The zero-order valence-corrected chi connectivity index (χ0v) is 15.8. The van der Waals surface area contributed by atoms with E-state index in [2.05, 4.69) is 15.6 Å². The molecule has 0 aliphatic carbocycles. The van der Waals surface area contributed by atoms with Crippen LogP contribution in [0.25, 0.3) is 10.9 Å². The van der Waals surface area contributed by atoms with Crippen molar-refractivity contribution in [1.29, 1.82) is 5.26 Å². The maximum atomic E-state index is 12.1. The van der Waals surface area contributed by atoms with Crippen molar-refractivity contribution < 1.29 is 9.90 Å². The van der Waals surface area contributed by atoms with E-state index in [1.165, 1.54) is 16.7 Å². The molecule has 3 N–H and O–H groups in total. The van der Waals surface area contributed by atoms with E-state index in [1.54, 1.807) is 19.2 Å². The number of fused-ring (bicyclic) bond motifs is 1. The second-order valence-corrected chi connectivity index (χ2v) is 6.34. The first-order chi connectivity index (χ1) is 13.3. The van der Waals surface area contributed by atoms with Gasteiger partial charge in [0.2, 0.25) is 0 Å². The van der Waals surface area contributed by atoms with E-state index in [-0.39, 0.29) is 27.7 Å². The van der Waals surface area contributed by atoms with Crippen LogP contribution >= 0.6 is 11.6 Å². The number of nitrogens with one attached hydrogen (secondary N) is 2. The van der Waals surface area contributed by atoms with E-state index < -0.39 is 5.97 Å². The Kier molecular flexibility index (Phi) is 5.20. The normalized spacial score (nSPS) is 10.5. The first kappa shape index (κ1) is 19.2. The lowest BCUT2D eigenvalue weighted by Crippen LogP contribution is -2.17. The fourth-order valence-electron chi connectivity index (χ4n) is 2.86. The number of carbonyl (C=O) groups is 1. The van der Waals surface area contributed by atoms with Crippen LogP contribution in [0.4, 0.5) is 17.1 Å². The minimum atomic E-state index is -1.25. The molecule has 1 aromatic carbocycles. The van der Waals surface area contributed by atoms with Gasteiger partial charge in [-0.3, -0.25) is 4.79 Å². The summed E-state index contributed by atoms with van der Waals surface area (Å²) < 4.78 is 1.53. The van der Waals surface area contributed by atoms with Gasteiger partial charge in [0.25, 0.3) is 5.56 Å². The number of nitriles is 1. The minimum Gasteiger partial charge on any atom is -0.477 e. The molecule has 8 nitrogen and oxygen atoms in total. The van der Waals surface area contributed by atoms with Gasteiger partial charge in [-0.1, -0.05) is 11.6 Å². The molecule has 0 saturated carbocycles. The average molecular weight is 398 g/mol.